The molecule has 6 aromatic rings. The summed E-state index contributed by atoms with van der Waals surface area (Å²) < 4.78 is 5.56. The molecule has 3 unspecified atom stereocenters. The molecule has 50 heavy (non-hydrogen) atoms. The topological polar surface area (TPSA) is 139 Å². The molecule has 0 spiro atoms. The molecule has 4 N–H and O–H groups in total. The van der Waals surface area contributed by atoms with E-state index in [1.54, 1.807) is 35.2 Å². The first-order valence-corrected chi connectivity index (χ1v) is 16.9. The summed E-state index contributed by atoms with van der Waals surface area (Å²) in [6, 6.07) is 24.1. The number of anilines is 3. The lowest BCUT2D eigenvalue weighted by atomic mass is 9.95. The molecule has 0 bridgehead atoms. The number of hydrogen-bond donors (Lipinski definition) is 4. The zero-order valence-electron chi connectivity index (χ0n) is 27.3. The molecule has 2 aromatic heterocycles. The summed E-state index contributed by atoms with van der Waals surface area (Å²) in [5.74, 6) is -0.474. The van der Waals surface area contributed by atoms with Crippen LogP contribution in [0.25, 0.3) is 32.6 Å². The Morgan fingerprint density at radius 2 is 1.48 bits per heavy atom. The number of aromatic nitrogens is 2. The van der Waals surface area contributed by atoms with Crippen LogP contribution in [0.3, 0.4) is 0 Å². The number of benzene rings is 4. The molecule has 12 heteroatoms. The lowest BCUT2D eigenvalue weighted by Crippen LogP contribution is -2.30. The summed E-state index contributed by atoms with van der Waals surface area (Å²) in [7, 11) is 1.99. The largest absolute Gasteiger partial charge is 0.426 e. The fourth-order valence-electron chi connectivity index (χ4n) is 6.90. The summed E-state index contributed by atoms with van der Waals surface area (Å²) in [4.78, 5) is 61.8. The molecule has 2 aliphatic heterocycles. The third-order valence-electron chi connectivity index (χ3n) is 9.48. The molecule has 3 amide bonds. The SMILES string of the molecule is CC(=O)Oc1cc2c(c3ccccc13)C(CCl)CN2C(=O)c1cc2cc(NC(=O)c3cc4cc(NC(=O)CC5CN5C)ccc4[nH]3)ccc2[nH]1. The van der Waals surface area contributed by atoms with Gasteiger partial charge in [-0.3, -0.25) is 19.2 Å². The number of hydrogen-bond acceptors (Lipinski definition) is 6. The van der Waals surface area contributed by atoms with Gasteiger partial charge in [0.15, 0.2) is 0 Å². The summed E-state index contributed by atoms with van der Waals surface area (Å²) in [5, 5.41) is 9.09. The van der Waals surface area contributed by atoms with Crippen molar-refractivity contribution in [2.45, 2.75) is 25.3 Å². The number of alkyl halides is 1. The lowest BCUT2D eigenvalue weighted by molar-refractivity contribution is -0.131. The van der Waals surface area contributed by atoms with Crippen molar-refractivity contribution in [1.82, 2.24) is 14.9 Å². The van der Waals surface area contributed by atoms with E-state index in [0.717, 1.165) is 44.7 Å². The first-order valence-electron chi connectivity index (χ1n) is 16.3. The van der Waals surface area contributed by atoms with Gasteiger partial charge in [0.2, 0.25) is 5.91 Å². The van der Waals surface area contributed by atoms with Crippen LogP contribution in [0.4, 0.5) is 17.1 Å². The van der Waals surface area contributed by atoms with Crippen LogP contribution in [-0.2, 0) is 9.59 Å². The van der Waals surface area contributed by atoms with Gasteiger partial charge >= 0.3 is 5.97 Å². The number of halogens is 1. The van der Waals surface area contributed by atoms with Gasteiger partial charge < -0.3 is 35.1 Å². The number of fused-ring (bicyclic) bond motifs is 5. The maximum Gasteiger partial charge on any atom is 0.308 e. The molecular formula is C38H33ClN6O5. The zero-order chi connectivity index (χ0) is 34.7. The van der Waals surface area contributed by atoms with Crippen LogP contribution in [0.5, 0.6) is 5.75 Å². The quantitative estimate of drug-likeness (QED) is 0.0615. The Balaban J connectivity index is 1.01. The van der Waals surface area contributed by atoms with Crippen molar-refractivity contribution in [1.29, 1.82) is 0 Å². The molecule has 4 heterocycles. The van der Waals surface area contributed by atoms with E-state index >= 15 is 0 Å². The van der Waals surface area contributed by atoms with Gasteiger partial charge in [-0.25, -0.2) is 0 Å². The highest BCUT2D eigenvalue weighted by Gasteiger charge is 2.36. The lowest BCUT2D eigenvalue weighted by Gasteiger charge is -2.18. The molecule has 2 aliphatic rings. The standard InChI is InChI=1S/C38H33ClN6O5/c1-20(46)50-34-16-33-36(28-6-4-3-5-27(28)34)23(17-39)18-45(33)38(49)32-14-22-12-25(8-10-30(22)43-32)41-37(48)31-13-21-11-24(7-9-29(21)42-31)40-35(47)15-26-19-44(26)2/h3-14,16,23,26,42-43H,15,17-19H2,1-2H3,(H,40,47)(H,41,48). The normalized spacial score (nSPS) is 18.0. The van der Waals surface area contributed by atoms with E-state index in [4.69, 9.17) is 16.3 Å². The monoisotopic (exact) mass is 688 g/mol. The van der Waals surface area contributed by atoms with Gasteiger partial charge in [-0.15, -0.1) is 11.6 Å². The van der Waals surface area contributed by atoms with E-state index in [-0.39, 0.29) is 23.6 Å². The summed E-state index contributed by atoms with van der Waals surface area (Å²) in [5.41, 5.74) is 5.07. The predicted octanol–water partition coefficient (Wildman–Crippen LogP) is 6.61. The molecule has 0 aliphatic carbocycles. The van der Waals surface area contributed by atoms with Crippen molar-refractivity contribution in [2.75, 3.05) is 41.6 Å². The molecule has 4 aromatic carbocycles. The number of nitrogens with one attached hydrogen (secondary N) is 4. The van der Waals surface area contributed by atoms with Crippen LogP contribution in [0.2, 0.25) is 0 Å². The number of aromatic amines is 2. The summed E-state index contributed by atoms with van der Waals surface area (Å²) >= 11 is 6.43. The van der Waals surface area contributed by atoms with E-state index in [1.165, 1.54) is 6.92 Å². The number of rotatable bonds is 8. The summed E-state index contributed by atoms with van der Waals surface area (Å²) in [6.45, 7) is 2.65. The second-order valence-electron chi connectivity index (χ2n) is 13.0. The van der Waals surface area contributed by atoms with Gasteiger partial charge in [0, 0.05) is 88.9 Å². The molecule has 0 radical (unpaired) electrons. The Kier molecular flexibility index (Phi) is 7.81. The number of carbonyl (C=O) groups excluding carboxylic acids is 4. The maximum atomic E-state index is 14.0. The zero-order valence-corrected chi connectivity index (χ0v) is 28.1. The molecule has 11 nitrogen and oxygen atoms in total. The van der Waals surface area contributed by atoms with E-state index < -0.39 is 5.97 Å². The molecule has 8 rings (SSSR count). The Bertz CT molecular complexity index is 2380. The third kappa shape index (κ3) is 5.84. The summed E-state index contributed by atoms with van der Waals surface area (Å²) in [6.07, 6.45) is 0.451. The number of H-pyrrole nitrogens is 2. The molecule has 1 saturated heterocycles. The third-order valence-corrected chi connectivity index (χ3v) is 9.85. The molecule has 0 saturated carbocycles. The van der Waals surface area contributed by atoms with Crippen molar-refractivity contribution < 1.29 is 23.9 Å². The Hall–Kier alpha value is -5.65. The van der Waals surface area contributed by atoms with Gasteiger partial charge in [-0.2, -0.15) is 0 Å². The van der Waals surface area contributed by atoms with Crippen molar-refractivity contribution >= 4 is 84.9 Å². The minimum atomic E-state index is -0.449. The van der Waals surface area contributed by atoms with Crippen LogP contribution in [0.1, 0.15) is 45.8 Å². The van der Waals surface area contributed by atoms with Crippen molar-refractivity contribution in [2.24, 2.45) is 0 Å². The van der Waals surface area contributed by atoms with Crippen LogP contribution in [0.15, 0.2) is 78.9 Å². The molecule has 252 valence electrons. The van der Waals surface area contributed by atoms with E-state index in [0.29, 0.717) is 59.1 Å². The van der Waals surface area contributed by atoms with Gasteiger partial charge in [0.25, 0.3) is 11.8 Å². The van der Waals surface area contributed by atoms with Crippen LogP contribution >= 0.6 is 11.6 Å². The first kappa shape index (κ1) is 31.6. The number of nitrogens with zero attached hydrogens (tertiary/aromatic N) is 2. The highest BCUT2D eigenvalue weighted by atomic mass is 35.5. The van der Waals surface area contributed by atoms with E-state index in [1.807, 2.05) is 55.6 Å². The number of likely N-dealkylation sites (N-methyl/N-ethyl adjacent to an activating group) is 1. The van der Waals surface area contributed by atoms with Gasteiger partial charge in [0.05, 0.1) is 5.69 Å². The fraction of sp³-hybridized carbons (Fsp3) is 0.211. The highest BCUT2D eigenvalue weighted by Crippen LogP contribution is 2.46. The van der Waals surface area contributed by atoms with Crippen LogP contribution in [-0.4, -0.2) is 70.6 Å². The van der Waals surface area contributed by atoms with Crippen LogP contribution < -0.4 is 20.3 Å². The Morgan fingerprint density at radius 1 is 0.840 bits per heavy atom. The van der Waals surface area contributed by atoms with Crippen molar-refractivity contribution in [3.8, 4) is 5.75 Å². The first-order chi connectivity index (χ1) is 24.1. The van der Waals surface area contributed by atoms with Gasteiger partial charge in [-0.05, 0) is 66.5 Å². The Morgan fingerprint density at radius 3 is 2.14 bits per heavy atom. The molecule has 1 fully saturated rings. The smallest absolute Gasteiger partial charge is 0.308 e. The van der Waals surface area contributed by atoms with Gasteiger partial charge in [0.1, 0.15) is 17.1 Å². The predicted molar refractivity (Wildman–Crippen MR) is 195 cm³/mol. The second kappa shape index (κ2) is 12.3. The number of amides is 3. The fourth-order valence-corrected chi connectivity index (χ4v) is 7.16. The highest BCUT2D eigenvalue weighted by molar-refractivity contribution is 6.19. The number of esters is 1. The minimum Gasteiger partial charge on any atom is -0.426 e. The van der Waals surface area contributed by atoms with Gasteiger partial charge in [-0.1, -0.05) is 24.3 Å². The van der Waals surface area contributed by atoms with Crippen LogP contribution in [0, 0.1) is 0 Å². The van der Waals surface area contributed by atoms with Crippen molar-refractivity contribution in [3.05, 3.63) is 95.8 Å². The number of ether oxygens (including phenoxy) is 1. The van der Waals surface area contributed by atoms with Crippen molar-refractivity contribution in [3.63, 3.8) is 0 Å². The average molecular weight is 689 g/mol. The minimum absolute atomic E-state index is 0.0380. The Labute approximate surface area is 291 Å². The second-order valence-corrected chi connectivity index (χ2v) is 13.3. The number of carbonyl (C=O) groups is 4. The average Bonchev–Trinajstić information content (AvgIpc) is 3.45. The van der Waals surface area contributed by atoms with E-state index in [9.17, 15) is 19.2 Å². The molecular weight excluding hydrogens is 656 g/mol. The molecule has 3 atom stereocenters. The maximum absolute atomic E-state index is 14.0. The van der Waals surface area contributed by atoms with E-state index in [2.05, 4.69) is 25.5 Å².